The second kappa shape index (κ2) is 5.92. The van der Waals surface area contributed by atoms with Crippen molar-refractivity contribution < 1.29 is 4.92 Å². The van der Waals surface area contributed by atoms with E-state index >= 15 is 0 Å². The largest absolute Gasteiger partial charge is 0.383 e. The van der Waals surface area contributed by atoms with Gasteiger partial charge in [-0.2, -0.15) is 0 Å². The molecule has 0 aliphatic rings. The van der Waals surface area contributed by atoms with Gasteiger partial charge in [0.15, 0.2) is 0 Å². The molecule has 1 rings (SSSR count). The van der Waals surface area contributed by atoms with Crippen molar-refractivity contribution in [3.05, 3.63) is 32.3 Å². The maximum Gasteiger partial charge on any atom is 0.272 e. The first kappa shape index (κ1) is 13.1. The molecule has 0 saturated heterocycles. The number of nitro benzene ring substituents is 1. The molecule has 1 aromatic carbocycles. The summed E-state index contributed by atoms with van der Waals surface area (Å²) in [5.74, 6) is 0. The van der Waals surface area contributed by atoms with Crippen molar-refractivity contribution >= 4 is 34.6 Å². The van der Waals surface area contributed by atoms with E-state index in [9.17, 15) is 10.1 Å². The molecule has 0 amide bonds. The summed E-state index contributed by atoms with van der Waals surface area (Å²) in [4.78, 5) is 10.0. The van der Waals surface area contributed by atoms with E-state index in [1.165, 1.54) is 12.1 Å². The van der Waals surface area contributed by atoms with Gasteiger partial charge in [0.2, 0.25) is 0 Å². The zero-order valence-electron chi connectivity index (χ0n) is 8.80. The predicted molar refractivity (Wildman–Crippen MR) is 66.5 cm³/mol. The summed E-state index contributed by atoms with van der Waals surface area (Å²) in [5, 5.41) is 14.2. The van der Waals surface area contributed by atoms with E-state index in [-0.39, 0.29) is 15.7 Å². The van der Waals surface area contributed by atoms with Crippen molar-refractivity contribution in [1.82, 2.24) is 0 Å². The SMILES string of the molecule is CCCCNc1c(Cl)cc([N+](=O)[O-])cc1Cl. The Balaban J connectivity index is 2.89. The van der Waals surface area contributed by atoms with Gasteiger partial charge >= 0.3 is 0 Å². The number of hydrogen-bond acceptors (Lipinski definition) is 3. The topological polar surface area (TPSA) is 55.2 Å². The van der Waals surface area contributed by atoms with Gasteiger partial charge < -0.3 is 5.32 Å². The summed E-state index contributed by atoms with van der Waals surface area (Å²) in [6.45, 7) is 2.81. The highest BCUT2D eigenvalue weighted by atomic mass is 35.5. The lowest BCUT2D eigenvalue weighted by atomic mass is 10.2. The number of unbranched alkanes of at least 4 members (excludes halogenated alkanes) is 1. The molecule has 0 heterocycles. The third-order valence-electron chi connectivity index (χ3n) is 2.07. The van der Waals surface area contributed by atoms with E-state index < -0.39 is 4.92 Å². The molecule has 1 N–H and O–H groups in total. The van der Waals surface area contributed by atoms with E-state index in [0.717, 1.165) is 19.4 Å². The summed E-state index contributed by atoms with van der Waals surface area (Å²) >= 11 is 11.8. The Kier molecular flexibility index (Phi) is 4.83. The van der Waals surface area contributed by atoms with Gasteiger partial charge in [-0.1, -0.05) is 36.5 Å². The van der Waals surface area contributed by atoms with Crippen LogP contribution in [0.4, 0.5) is 11.4 Å². The highest BCUT2D eigenvalue weighted by Crippen LogP contribution is 2.34. The molecule has 88 valence electrons. The van der Waals surface area contributed by atoms with E-state index in [0.29, 0.717) is 5.69 Å². The smallest absolute Gasteiger partial charge is 0.272 e. The Morgan fingerprint density at radius 3 is 2.38 bits per heavy atom. The van der Waals surface area contributed by atoms with Crippen LogP contribution in [0.1, 0.15) is 19.8 Å². The van der Waals surface area contributed by atoms with Gasteiger partial charge in [-0.15, -0.1) is 0 Å². The second-order valence-corrected chi connectivity index (χ2v) is 4.14. The van der Waals surface area contributed by atoms with Crippen LogP contribution in [0.5, 0.6) is 0 Å². The van der Waals surface area contributed by atoms with Gasteiger partial charge in [-0.3, -0.25) is 10.1 Å². The maximum atomic E-state index is 10.5. The highest BCUT2D eigenvalue weighted by Gasteiger charge is 2.13. The molecule has 0 aliphatic carbocycles. The number of nitrogens with zero attached hydrogens (tertiary/aromatic N) is 1. The fourth-order valence-corrected chi connectivity index (χ4v) is 1.83. The predicted octanol–water partition coefficient (Wildman–Crippen LogP) is 4.11. The average molecular weight is 263 g/mol. The summed E-state index contributed by atoms with van der Waals surface area (Å²) in [5.41, 5.74) is 0.457. The number of benzene rings is 1. The van der Waals surface area contributed by atoms with Crippen molar-refractivity contribution in [3.63, 3.8) is 0 Å². The molecule has 0 unspecified atom stereocenters. The molecule has 0 aromatic heterocycles. The Morgan fingerprint density at radius 1 is 1.38 bits per heavy atom. The second-order valence-electron chi connectivity index (χ2n) is 3.32. The lowest BCUT2D eigenvalue weighted by Crippen LogP contribution is -2.02. The van der Waals surface area contributed by atoms with E-state index in [1.54, 1.807) is 0 Å². The molecule has 0 atom stereocenters. The minimum atomic E-state index is -0.520. The molecule has 0 saturated carbocycles. The van der Waals surface area contributed by atoms with E-state index in [2.05, 4.69) is 12.2 Å². The average Bonchev–Trinajstić information content (AvgIpc) is 2.21. The van der Waals surface area contributed by atoms with Crippen LogP contribution in [0, 0.1) is 10.1 Å². The molecule has 0 spiro atoms. The van der Waals surface area contributed by atoms with Crippen molar-refractivity contribution in [3.8, 4) is 0 Å². The third kappa shape index (κ3) is 3.25. The summed E-state index contributed by atoms with van der Waals surface area (Å²) in [6, 6.07) is 2.59. The van der Waals surface area contributed by atoms with Crippen molar-refractivity contribution in [2.75, 3.05) is 11.9 Å². The Bertz CT molecular complexity index is 373. The van der Waals surface area contributed by atoms with E-state index in [1.807, 2.05) is 0 Å². The summed E-state index contributed by atoms with van der Waals surface area (Å²) in [6.07, 6.45) is 2.04. The third-order valence-corrected chi connectivity index (χ3v) is 2.67. The standard InChI is InChI=1S/C10H12Cl2N2O2/c1-2-3-4-13-10-8(11)5-7(14(15)16)6-9(10)12/h5-6,13H,2-4H2,1H3. The van der Waals surface area contributed by atoms with Crippen molar-refractivity contribution in [2.45, 2.75) is 19.8 Å². The van der Waals surface area contributed by atoms with Crippen LogP contribution < -0.4 is 5.32 Å². The highest BCUT2D eigenvalue weighted by molar-refractivity contribution is 6.39. The van der Waals surface area contributed by atoms with Gasteiger partial charge in [-0.05, 0) is 6.42 Å². The number of anilines is 1. The molecular formula is C10H12Cl2N2O2. The van der Waals surface area contributed by atoms with Gasteiger partial charge in [0, 0.05) is 18.7 Å². The van der Waals surface area contributed by atoms with Crippen LogP contribution in [0.3, 0.4) is 0 Å². The zero-order chi connectivity index (χ0) is 12.1. The van der Waals surface area contributed by atoms with E-state index in [4.69, 9.17) is 23.2 Å². The van der Waals surface area contributed by atoms with Crippen molar-refractivity contribution in [1.29, 1.82) is 0 Å². The van der Waals surface area contributed by atoms with Crippen molar-refractivity contribution in [2.24, 2.45) is 0 Å². The van der Waals surface area contributed by atoms with Gasteiger partial charge in [0.25, 0.3) is 5.69 Å². The molecule has 4 nitrogen and oxygen atoms in total. The van der Waals surface area contributed by atoms with Crippen LogP contribution in [0.15, 0.2) is 12.1 Å². The number of hydrogen-bond donors (Lipinski definition) is 1. The molecule has 6 heteroatoms. The fraction of sp³-hybridized carbons (Fsp3) is 0.400. The minimum absolute atomic E-state index is 0.101. The van der Waals surface area contributed by atoms with Crippen LogP contribution >= 0.6 is 23.2 Å². The number of rotatable bonds is 5. The van der Waals surface area contributed by atoms with Gasteiger partial charge in [0.1, 0.15) is 0 Å². The van der Waals surface area contributed by atoms with Crippen LogP contribution in [0.25, 0.3) is 0 Å². The minimum Gasteiger partial charge on any atom is -0.383 e. The quantitative estimate of drug-likeness (QED) is 0.494. The Hall–Kier alpha value is -1.00. The molecule has 0 radical (unpaired) electrons. The first-order valence-electron chi connectivity index (χ1n) is 4.93. The number of non-ortho nitro benzene ring substituents is 1. The maximum absolute atomic E-state index is 10.5. The fourth-order valence-electron chi connectivity index (χ4n) is 1.22. The number of nitrogens with one attached hydrogen (secondary N) is 1. The first-order chi connectivity index (χ1) is 7.56. The normalized spacial score (nSPS) is 10.2. The van der Waals surface area contributed by atoms with Crippen LogP contribution in [-0.2, 0) is 0 Å². The molecule has 16 heavy (non-hydrogen) atoms. The zero-order valence-corrected chi connectivity index (χ0v) is 10.3. The van der Waals surface area contributed by atoms with Gasteiger partial charge in [-0.25, -0.2) is 0 Å². The lowest BCUT2D eigenvalue weighted by Gasteiger charge is -2.09. The molecule has 0 fully saturated rings. The van der Waals surface area contributed by atoms with Crippen LogP contribution in [0.2, 0.25) is 10.0 Å². The number of halogens is 2. The van der Waals surface area contributed by atoms with Crippen LogP contribution in [-0.4, -0.2) is 11.5 Å². The molecule has 1 aromatic rings. The first-order valence-corrected chi connectivity index (χ1v) is 5.69. The lowest BCUT2D eigenvalue weighted by molar-refractivity contribution is -0.384. The Morgan fingerprint density at radius 2 is 1.94 bits per heavy atom. The molecular weight excluding hydrogens is 251 g/mol. The summed E-state index contributed by atoms with van der Waals surface area (Å²) in [7, 11) is 0. The summed E-state index contributed by atoms with van der Waals surface area (Å²) < 4.78 is 0. The monoisotopic (exact) mass is 262 g/mol. The number of nitro groups is 1. The molecule has 0 bridgehead atoms. The molecule has 0 aliphatic heterocycles. The Labute approximate surface area is 104 Å². The van der Waals surface area contributed by atoms with Gasteiger partial charge in [0.05, 0.1) is 20.7 Å².